The van der Waals surface area contributed by atoms with Crippen LogP contribution in [0.3, 0.4) is 0 Å². The third-order valence-electron chi connectivity index (χ3n) is 6.05. The van der Waals surface area contributed by atoms with Gasteiger partial charge in [-0.1, -0.05) is 96.6 Å². The first-order chi connectivity index (χ1) is 15.9. The van der Waals surface area contributed by atoms with Crippen LogP contribution < -0.4 is 0 Å². The normalized spacial score (nSPS) is 16.6. The number of hydrogen-bond donors (Lipinski definition) is 0. The minimum atomic E-state index is -4.06. The van der Waals surface area contributed by atoms with E-state index in [1.807, 2.05) is 85.8 Å². The Morgan fingerprint density at radius 1 is 0.788 bits per heavy atom. The van der Waals surface area contributed by atoms with Gasteiger partial charge in [-0.2, -0.15) is 0 Å². The first-order valence-corrected chi connectivity index (χ1v) is 12.3. The summed E-state index contributed by atoms with van der Waals surface area (Å²) in [7, 11) is -4.06. The number of benzene rings is 4. The monoisotopic (exact) mass is 453 g/mol. The summed E-state index contributed by atoms with van der Waals surface area (Å²) in [6.45, 7) is 1.90. The van der Waals surface area contributed by atoms with Crippen LogP contribution in [0, 0.1) is 6.92 Å². The lowest BCUT2D eigenvalue weighted by atomic mass is 9.87. The minimum Gasteiger partial charge on any atom is -0.273 e. The van der Waals surface area contributed by atoms with Crippen molar-refractivity contribution in [2.24, 2.45) is 0 Å². The van der Waals surface area contributed by atoms with E-state index in [2.05, 4.69) is 0 Å². The van der Waals surface area contributed by atoms with Crippen LogP contribution in [0.2, 0.25) is 0 Å². The summed E-state index contributed by atoms with van der Waals surface area (Å²) in [5.74, 6) is -0.668. The lowest BCUT2D eigenvalue weighted by Crippen LogP contribution is -2.39. The number of sulfonamides is 1. The molecule has 4 nitrogen and oxygen atoms in total. The maximum Gasteiger partial charge on any atom is 0.270 e. The Kier molecular flexibility index (Phi) is 5.35. The number of hydrogen-bond acceptors (Lipinski definition) is 3. The molecule has 164 valence electrons. The zero-order valence-corrected chi connectivity index (χ0v) is 19.0. The minimum absolute atomic E-state index is 0.0788. The highest BCUT2D eigenvalue weighted by molar-refractivity contribution is 7.90. The summed E-state index contributed by atoms with van der Waals surface area (Å²) in [5.41, 5.74) is 3.05. The fraction of sp³-hybridized carbons (Fsp3) is 0.107. The zero-order valence-electron chi connectivity index (χ0n) is 18.2. The SMILES string of the molecule is Cc1ccc(S(=O)(=O)N2C(=O)C[C@H](c3cccc4ccccc34)C=C2c2ccccc2)cc1. The van der Waals surface area contributed by atoms with Crippen molar-refractivity contribution in [2.45, 2.75) is 24.2 Å². The molecule has 1 aliphatic rings. The van der Waals surface area contributed by atoms with Gasteiger partial charge in [-0.25, -0.2) is 12.7 Å². The second-order valence-corrected chi connectivity index (χ2v) is 10.1. The van der Waals surface area contributed by atoms with Gasteiger partial charge in [0, 0.05) is 12.3 Å². The van der Waals surface area contributed by atoms with E-state index in [-0.39, 0.29) is 17.2 Å². The van der Waals surface area contributed by atoms with Crippen LogP contribution in [0.5, 0.6) is 0 Å². The average Bonchev–Trinajstić information content (AvgIpc) is 2.84. The summed E-state index contributed by atoms with van der Waals surface area (Å²) < 4.78 is 28.2. The van der Waals surface area contributed by atoms with Gasteiger partial charge in [0.25, 0.3) is 10.0 Å². The van der Waals surface area contributed by atoms with E-state index in [9.17, 15) is 13.2 Å². The number of amides is 1. The van der Waals surface area contributed by atoms with Crippen molar-refractivity contribution in [3.63, 3.8) is 0 Å². The summed E-state index contributed by atoms with van der Waals surface area (Å²) >= 11 is 0. The Bertz CT molecular complexity index is 1470. The predicted octanol–water partition coefficient (Wildman–Crippen LogP) is 5.89. The molecule has 0 N–H and O–H groups in total. The second kappa shape index (κ2) is 8.34. The molecular weight excluding hydrogens is 430 g/mol. The van der Waals surface area contributed by atoms with E-state index in [1.165, 1.54) is 0 Å². The molecule has 0 saturated carbocycles. The number of nitrogens with zero attached hydrogens (tertiary/aromatic N) is 1. The maximum atomic E-state index is 13.6. The van der Waals surface area contributed by atoms with Crippen LogP contribution in [0.15, 0.2) is 108 Å². The quantitative estimate of drug-likeness (QED) is 0.387. The Morgan fingerprint density at radius 3 is 2.21 bits per heavy atom. The Balaban J connectivity index is 1.68. The smallest absolute Gasteiger partial charge is 0.270 e. The third kappa shape index (κ3) is 3.85. The maximum absolute atomic E-state index is 13.6. The molecule has 0 saturated heterocycles. The molecule has 5 rings (SSSR count). The molecule has 0 radical (unpaired) electrons. The summed E-state index contributed by atoms with van der Waals surface area (Å²) in [6.07, 6.45) is 2.00. The molecule has 0 aromatic heterocycles. The van der Waals surface area contributed by atoms with Crippen molar-refractivity contribution >= 4 is 32.4 Å². The summed E-state index contributed by atoms with van der Waals surface area (Å²) in [6, 6.07) is 29.9. The Morgan fingerprint density at radius 2 is 1.45 bits per heavy atom. The van der Waals surface area contributed by atoms with Crippen molar-refractivity contribution in [2.75, 3.05) is 0 Å². The van der Waals surface area contributed by atoms with Crippen LogP contribution >= 0.6 is 0 Å². The average molecular weight is 454 g/mol. The Labute approximate surface area is 193 Å². The van der Waals surface area contributed by atoms with E-state index in [4.69, 9.17) is 0 Å². The molecule has 33 heavy (non-hydrogen) atoms. The lowest BCUT2D eigenvalue weighted by molar-refractivity contribution is -0.124. The number of carbonyl (C=O) groups is 1. The highest BCUT2D eigenvalue weighted by atomic mass is 32.2. The lowest BCUT2D eigenvalue weighted by Gasteiger charge is -2.32. The van der Waals surface area contributed by atoms with Crippen LogP contribution in [0.1, 0.15) is 29.0 Å². The number of aryl methyl sites for hydroxylation is 1. The second-order valence-electron chi connectivity index (χ2n) is 8.27. The van der Waals surface area contributed by atoms with E-state index in [1.54, 1.807) is 24.3 Å². The summed E-state index contributed by atoms with van der Waals surface area (Å²) in [5, 5.41) is 2.16. The number of fused-ring (bicyclic) bond motifs is 1. The highest BCUT2D eigenvalue weighted by Gasteiger charge is 2.38. The zero-order chi connectivity index (χ0) is 23.0. The summed E-state index contributed by atoms with van der Waals surface area (Å²) in [4.78, 5) is 13.6. The molecule has 0 bridgehead atoms. The van der Waals surface area contributed by atoms with E-state index < -0.39 is 15.9 Å². The van der Waals surface area contributed by atoms with Gasteiger partial charge >= 0.3 is 0 Å². The van der Waals surface area contributed by atoms with Crippen molar-refractivity contribution < 1.29 is 13.2 Å². The van der Waals surface area contributed by atoms with E-state index in [0.29, 0.717) is 11.3 Å². The van der Waals surface area contributed by atoms with Gasteiger partial charge in [0.2, 0.25) is 5.91 Å². The molecule has 5 heteroatoms. The fourth-order valence-electron chi connectivity index (χ4n) is 4.40. The molecule has 0 fully saturated rings. The molecule has 1 atom stereocenters. The van der Waals surface area contributed by atoms with Gasteiger partial charge in [-0.15, -0.1) is 0 Å². The molecule has 4 aromatic rings. The van der Waals surface area contributed by atoms with Gasteiger partial charge in [-0.05, 0) is 41.0 Å². The first-order valence-electron chi connectivity index (χ1n) is 10.8. The first kappa shape index (κ1) is 21.2. The standard InChI is InChI=1S/C28H23NO3S/c1-20-14-16-24(17-15-20)33(31,32)29-27(22-9-3-2-4-10-22)18-23(19-28(29)30)26-13-7-11-21-8-5-6-12-25(21)26/h2-18,23H,19H2,1H3/t23-/m1/s1. The number of carbonyl (C=O) groups excluding carboxylic acids is 1. The van der Waals surface area contributed by atoms with Crippen molar-refractivity contribution in [1.82, 2.24) is 4.31 Å². The number of rotatable bonds is 4. The van der Waals surface area contributed by atoms with Gasteiger partial charge in [0.05, 0.1) is 10.6 Å². The van der Waals surface area contributed by atoms with Crippen molar-refractivity contribution in [3.05, 3.63) is 120 Å². The van der Waals surface area contributed by atoms with Crippen molar-refractivity contribution in [3.8, 4) is 0 Å². The van der Waals surface area contributed by atoms with Crippen LogP contribution in [-0.4, -0.2) is 18.6 Å². The molecule has 0 unspecified atom stereocenters. The molecule has 1 amide bonds. The van der Waals surface area contributed by atoms with Gasteiger partial charge in [-0.3, -0.25) is 4.79 Å². The van der Waals surface area contributed by atoms with Crippen molar-refractivity contribution in [1.29, 1.82) is 0 Å². The predicted molar refractivity (Wildman–Crippen MR) is 131 cm³/mol. The van der Waals surface area contributed by atoms with Gasteiger partial charge in [0.15, 0.2) is 0 Å². The van der Waals surface area contributed by atoms with E-state index in [0.717, 1.165) is 26.2 Å². The topological polar surface area (TPSA) is 54.5 Å². The largest absolute Gasteiger partial charge is 0.273 e. The highest BCUT2D eigenvalue weighted by Crippen LogP contribution is 2.39. The van der Waals surface area contributed by atoms with Crippen LogP contribution in [-0.2, 0) is 14.8 Å². The number of allylic oxidation sites excluding steroid dienone is 1. The van der Waals surface area contributed by atoms with Gasteiger partial charge < -0.3 is 0 Å². The molecule has 4 aromatic carbocycles. The molecule has 0 spiro atoms. The van der Waals surface area contributed by atoms with E-state index >= 15 is 0 Å². The Hall–Kier alpha value is -3.70. The molecule has 1 aliphatic heterocycles. The van der Waals surface area contributed by atoms with Gasteiger partial charge in [0.1, 0.15) is 0 Å². The third-order valence-corrected chi connectivity index (χ3v) is 7.80. The molecular formula is C28H23NO3S. The molecule has 1 heterocycles. The van der Waals surface area contributed by atoms with Crippen LogP contribution in [0.25, 0.3) is 16.5 Å². The molecule has 0 aliphatic carbocycles. The van der Waals surface area contributed by atoms with Crippen LogP contribution in [0.4, 0.5) is 0 Å². The fourth-order valence-corrected chi connectivity index (χ4v) is 5.86.